The van der Waals surface area contributed by atoms with Crippen LogP contribution in [0.15, 0.2) is 53.9 Å². The third-order valence-corrected chi connectivity index (χ3v) is 5.15. The first-order valence-corrected chi connectivity index (χ1v) is 9.38. The average molecular weight is 402 g/mol. The zero-order chi connectivity index (χ0) is 19.4. The standard InChI is InChI=1S/C20H16ClNO4S/c21-17-11-14(23)6-7-15(17)13-4-1-12(2-5-13)3-8-18(24)22-19-16(20(25)26)9-10-27-19/h1-2,4-7,9-11,23H,3,8H2,(H,22,24)(H,25,26). The summed E-state index contributed by atoms with van der Waals surface area (Å²) in [6.45, 7) is 0. The molecule has 0 unspecified atom stereocenters. The van der Waals surface area contributed by atoms with E-state index in [0.717, 1.165) is 16.7 Å². The fourth-order valence-electron chi connectivity index (χ4n) is 2.61. The van der Waals surface area contributed by atoms with Crippen LogP contribution in [0, 0.1) is 0 Å². The molecule has 0 fully saturated rings. The number of carboxylic acid groups (broad SMARTS) is 1. The van der Waals surface area contributed by atoms with Crippen LogP contribution in [0.3, 0.4) is 0 Å². The lowest BCUT2D eigenvalue weighted by molar-refractivity contribution is -0.116. The third kappa shape index (κ3) is 4.67. The van der Waals surface area contributed by atoms with E-state index in [9.17, 15) is 14.7 Å². The Morgan fingerprint density at radius 2 is 1.81 bits per heavy atom. The van der Waals surface area contributed by atoms with Crippen LogP contribution in [0.25, 0.3) is 11.1 Å². The van der Waals surface area contributed by atoms with Gasteiger partial charge >= 0.3 is 5.97 Å². The number of aromatic hydroxyl groups is 1. The van der Waals surface area contributed by atoms with Gasteiger partial charge in [-0.15, -0.1) is 11.3 Å². The Kier molecular flexibility index (Phi) is 5.78. The Hall–Kier alpha value is -2.83. The number of thiophene rings is 1. The number of halogens is 1. The van der Waals surface area contributed by atoms with E-state index in [1.165, 1.54) is 23.5 Å². The Morgan fingerprint density at radius 3 is 2.48 bits per heavy atom. The molecule has 0 radical (unpaired) electrons. The van der Waals surface area contributed by atoms with Crippen LogP contribution in [0.1, 0.15) is 22.3 Å². The van der Waals surface area contributed by atoms with E-state index >= 15 is 0 Å². The maximum Gasteiger partial charge on any atom is 0.338 e. The van der Waals surface area contributed by atoms with Crippen molar-refractivity contribution in [1.29, 1.82) is 0 Å². The molecule has 27 heavy (non-hydrogen) atoms. The molecule has 1 amide bonds. The Labute approximate surface area is 164 Å². The van der Waals surface area contributed by atoms with Gasteiger partial charge in [-0.1, -0.05) is 35.9 Å². The second kappa shape index (κ2) is 8.24. The Morgan fingerprint density at radius 1 is 1.07 bits per heavy atom. The number of rotatable bonds is 6. The molecule has 3 rings (SSSR count). The number of benzene rings is 2. The van der Waals surface area contributed by atoms with Crippen LogP contribution < -0.4 is 5.32 Å². The molecule has 0 atom stereocenters. The lowest BCUT2D eigenvalue weighted by Gasteiger charge is -2.07. The lowest BCUT2D eigenvalue weighted by Crippen LogP contribution is -2.13. The van der Waals surface area contributed by atoms with Gasteiger partial charge in [0, 0.05) is 12.0 Å². The quantitative estimate of drug-likeness (QED) is 0.539. The second-order valence-corrected chi connectivity index (χ2v) is 7.20. The summed E-state index contributed by atoms with van der Waals surface area (Å²) in [5.74, 6) is -1.18. The van der Waals surface area contributed by atoms with Gasteiger partial charge in [-0.2, -0.15) is 0 Å². The number of phenols is 1. The monoisotopic (exact) mass is 401 g/mol. The SMILES string of the molecule is O=C(CCc1ccc(-c2ccc(O)cc2Cl)cc1)Nc1sccc1C(=O)O. The normalized spacial score (nSPS) is 10.6. The number of carbonyl (C=O) groups is 2. The maximum atomic E-state index is 12.1. The molecule has 7 heteroatoms. The molecule has 0 bridgehead atoms. The minimum Gasteiger partial charge on any atom is -0.508 e. The van der Waals surface area contributed by atoms with E-state index in [2.05, 4.69) is 5.32 Å². The van der Waals surface area contributed by atoms with Crippen molar-refractivity contribution in [2.24, 2.45) is 0 Å². The predicted octanol–water partition coefficient (Wildman–Crippen LogP) is 5.04. The van der Waals surface area contributed by atoms with Gasteiger partial charge in [0.25, 0.3) is 0 Å². The number of aromatic carboxylic acids is 1. The van der Waals surface area contributed by atoms with Crippen molar-refractivity contribution in [1.82, 2.24) is 0 Å². The van der Waals surface area contributed by atoms with Gasteiger partial charge in [0.15, 0.2) is 0 Å². The number of phenolic OH excluding ortho intramolecular Hbond substituents is 1. The third-order valence-electron chi connectivity index (χ3n) is 4.01. The van der Waals surface area contributed by atoms with Gasteiger partial charge < -0.3 is 15.5 Å². The summed E-state index contributed by atoms with van der Waals surface area (Å²) >= 11 is 7.34. The summed E-state index contributed by atoms with van der Waals surface area (Å²) in [6, 6.07) is 13.9. The zero-order valence-electron chi connectivity index (χ0n) is 14.1. The van der Waals surface area contributed by atoms with Crippen molar-refractivity contribution < 1.29 is 19.8 Å². The van der Waals surface area contributed by atoms with E-state index in [4.69, 9.17) is 16.7 Å². The number of carboxylic acids is 1. The van der Waals surface area contributed by atoms with E-state index in [-0.39, 0.29) is 23.6 Å². The van der Waals surface area contributed by atoms with Crippen LogP contribution in [0.2, 0.25) is 5.02 Å². The molecule has 0 saturated carbocycles. The molecule has 1 heterocycles. The fraction of sp³-hybridized carbons (Fsp3) is 0.100. The molecule has 138 valence electrons. The minimum atomic E-state index is -1.06. The number of hydrogen-bond donors (Lipinski definition) is 3. The molecular formula is C20H16ClNO4S. The maximum absolute atomic E-state index is 12.1. The van der Waals surface area contributed by atoms with E-state index in [1.54, 1.807) is 17.5 Å². The fourth-order valence-corrected chi connectivity index (χ4v) is 3.69. The Bertz CT molecular complexity index is 982. The van der Waals surface area contributed by atoms with Gasteiger partial charge in [-0.3, -0.25) is 4.79 Å². The topological polar surface area (TPSA) is 86.6 Å². The first kappa shape index (κ1) is 18.9. The van der Waals surface area contributed by atoms with Crippen LogP contribution in [-0.4, -0.2) is 22.1 Å². The first-order chi connectivity index (χ1) is 12.9. The van der Waals surface area contributed by atoms with E-state index in [1.807, 2.05) is 24.3 Å². The van der Waals surface area contributed by atoms with Crippen molar-refractivity contribution in [3.63, 3.8) is 0 Å². The highest BCUT2D eigenvalue weighted by molar-refractivity contribution is 7.14. The number of anilines is 1. The highest BCUT2D eigenvalue weighted by Crippen LogP contribution is 2.31. The highest BCUT2D eigenvalue weighted by Gasteiger charge is 2.14. The molecular weight excluding hydrogens is 386 g/mol. The smallest absolute Gasteiger partial charge is 0.338 e. The summed E-state index contributed by atoms with van der Waals surface area (Å²) in [7, 11) is 0. The molecule has 5 nitrogen and oxygen atoms in total. The van der Waals surface area contributed by atoms with E-state index in [0.29, 0.717) is 16.4 Å². The summed E-state index contributed by atoms with van der Waals surface area (Å²) in [5, 5.41) is 23.6. The number of amides is 1. The van der Waals surface area contributed by atoms with Gasteiger partial charge in [0.2, 0.25) is 5.91 Å². The van der Waals surface area contributed by atoms with Crippen molar-refractivity contribution in [3.05, 3.63) is 70.1 Å². The van der Waals surface area contributed by atoms with Crippen molar-refractivity contribution in [3.8, 4) is 16.9 Å². The summed E-state index contributed by atoms with van der Waals surface area (Å²) in [6.07, 6.45) is 0.777. The largest absolute Gasteiger partial charge is 0.508 e. The summed E-state index contributed by atoms with van der Waals surface area (Å²) in [4.78, 5) is 23.2. The van der Waals surface area contributed by atoms with Gasteiger partial charge in [0.1, 0.15) is 10.8 Å². The van der Waals surface area contributed by atoms with Gasteiger partial charge in [-0.25, -0.2) is 4.79 Å². The molecule has 3 aromatic rings. The zero-order valence-corrected chi connectivity index (χ0v) is 15.7. The van der Waals surface area contributed by atoms with Crippen LogP contribution in [0.5, 0.6) is 5.75 Å². The molecule has 2 aromatic carbocycles. The second-order valence-electron chi connectivity index (χ2n) is 5.88. The molecule has 0 aliphatic carbocycles. The molecule has 0 aliphatic heterocycles. The molecule has 1 aromatic heterocycles. The summed E-state index contributed by atoms with van der Waals surface area (Å²) in [5.41, 5.74) is 2.81. The number of carbonyl (C=O) groups excluding carboxylic acids is 1. The van der Waals surface area contributed by atoms with Gasteiger partial charge in [-0.05, 0) is 47.2 Å². The molecule has 0 spiro atoms. The molecule has 0 saturated heterocycles. The predicted molar refractivity (Wildman–Crippen MR) is 107 cm³/mol. The minimum absolute atomic E-state index is 0.100. The van der Waals surface area contributed by atoms with Crippen LogP contribution in [-0.2, 0) is 11.2 Å². The number of hydrogen-bond acceptors (Lipinski definition) is 4. The lowest BCUT2D eigenvalue weighted by atomic mass is 10.0. The van der Waals surface area contributed by atoms with Crippen molar-refractivity contribution in [2.75, 3.05) is 5.32 Å². The van der Waals surface area contributed by atoms with Crippen LogP contribution >= 0.6 is 22.9 Å². The number of nitrogens with one attached hydrogen (secondary N) is 1. The molecule has 3 N–H and O–H groups in total. The Balaban J connectivity index is 1.61. The number of aryl methyl sites for hydroxylation is 1. The van der Waals surface area contributed by atoms with Crippen molar-refractivity contribution in [2.45, 2.75) is 12.8 Å². The first-order valence-electron chi connectivity index (χ1n) is 8.12. The van der Waals surface area contributed by atoms with Crippen LogP contribution in [0.4, 0.5) is 5.00 Å². The highest BCUT2D eigenvalue weighted by atomic mass is 35.5. The summed E-state index contributed by atoms with van der Waals surface area (Å²) < 4.78 is 0. The average Bonchev–Trinajstić information content (AvgIpc) is 3.09. The molecule has 0 aliphatic rings. The van der Waals surface area contributed by atoms with Crippen molar-refractivity contribution >= 4 is 39.8 Å². The van der Waals surface area contributed by atoms with E-state index < -0.39 is 5.97 Å². The van der Waals surface area contributed by atoms with Gasteiger partial charge in [0.05, 0.1) is 10.6 Å².